The molecule has 3 heterocycles. The number of hydrogen-bond acceptors (Lipinski definition) is 2. The fourth-order valence-electron chi connectivity index (χ4n) is 3.54. The molecule has 3 heteroatoms. The molecule has 0 amide bonds. The van der Waals surface area contributed by atoms with E-state index in [1.54, 1.807) is 0 Å². The number of aliphatic hydroxyl groups is 1. The minimum absolute atomic E-state index is 0.197. The van der Waals surface area contributed by atoms with E-state index in [1.807, 2.05) is 0 Å². The molecule has 98 valence electrons. The van der Waals surface area contributed by atoms with E-state index in [0.29, 0.717) is 6.04 Å². The van der Waals surface area contributed by atoms with E-state index in [2.05, 4.69) is 40.2 Å². The molecule has 0 saturated heterocycles. The largest absolute Gasteiger partial charge is 0.392 e. The van der Waals surface area contributed by atoms with Gasteiger partial charge in [-0.15, -0.1) is 0 Å². The molecule has 0 unspecified atom stereocenters. The number of aliphatic hydroxyl groups excluding tert-OH is 1. The maximum absolute atomic E-state index is 9.29. The minimum Gasteiger partial charge on any atom is -0.392 e. The smallest absolute Gasteiger partial charge is 0.0654 e. The van der Waals surface area contributed by atoms with Crippen molar-refractivity contribution in [2.75, 3.05) is 19.7 Å². The number of H-pyrrole nitrogens is 1. The molecule has 4 rings (SSSR count). The molecular weight excluding hydrogens is 236 g/mol. The molecule has 0 bridgehead atoms. The summed E-state index contributed by atoms with van der Waals surface area (Å²) >= 11 is 0. The molecule has 0 fully saturated rings. The predicted octanol–water partition coefficient (Wildman–Crippen LogP) is 2.39. The summed E-state index contributed by atoms with van der Waals surface area (Å²) in [7, 11) is 0. The van der Waals surface area contributed by atoms with E-state index < -0.39 is 0 Å². The van der Waals surface area contributed by atoms with Crippen molar-refractivity contribution >= 4 is 10.9 Å². The van der Waals surface area contributed by atoms with Crippen LogP contribution in [-0.4, -0.2) is 34.7 Å². The van der Waals surface area contributed by atoms with Crippen molar-refractivity contribution in [3.8, 4) is 0 Å². The second kappa shape index (κ2) is 4.22. The molecule has 0 spiro atoms. The van der Waals surface area contributed by atoms with Crippen molar-refractivity contribution in [3.63, 3.8) is 0 Å². The van der Waals surface area contributed by atoms with Crippen LogP contribution >= 0.6 is 0 Å². The van der Waals surface area contributed by atoms with Gasteiger partial charge in [0.1, 0.15) is 0 Å². The van der Waals surface area contributed by atoms with Crippen LogP contribution in [0.25, 0.3) is 10.9 Å². The molecule has 1 atom stereocenters. The number of nitrogens with one attached hydrogen (secondary N) is 1. The van der Waals surface area contributed by atoms with Crippen molar-refractivity contribution in [3.05, 3.63) is 47.2 Å². The Labute approximate surface area is 112 Å². The summed E-state index contributed by atoms with van der Waals surface area (Å²) in [5.41, 5.74) is 5.31. The quantitative estimate of drug-likeness (QED) is 0.767. The SMILES string of the molecule is OCC1=CC[C@H]2c3[nH]c4ccccc4c3CCN2C1. The first-order valence-electron chi connectivity index (χ1n) is 6.99. The van der Waals surface area contributed by atoms with Gasteiger partial charge in [-0.2, -0.15) is 0 Å². The van der Waals surface area contributed by atoms with Gasteiger partial charge in [-0.3, -0.25) is 4.90 Å². The van der Waals surface area contributed by atoms with Crippen molar-refractivity contribution in [2.45, 2.75) is 18.9 Å². The van der Waals surface area contributed by atoms with Gasteiger partial charge in [0.25, 0.3) is 0 Å². The lowest BCUT2D eigenvalue weighted by Gasteiger charge is -2.38. The molecule has 1 aromatic heterocycles. The highest BCUT2D eigenvalue weighted by Gasteiger charge is 2.31. The number of aromatic nitrogens is 1. The second-order valence-electron chi connectivity index (χ2n) is 5.56. The molecule has 3 nitrogen and oxygen atoms in total. The molecule has 1 aromatic carbocycles. The van der Waals surface area contributed by atoms with Crippen LogP contribution in [0.5, 0.6) is 0 Å². The lowest BCUT2D eigenvalue weighted by Crippen LogP contribution is -2.39. The summed E-state index contributed by atoms with van der Waals surface area (Å²) in [5, 5.41) is 10.7. The Hall–Kier alpha value is -1.58. The normalized spacial score (nSPS) is 23.0. The number of hydrogen-bond donors (Lipinski definition) is 2. The van der Waals surface area contributed by atoms with Crippen LogP contribution in [0.4, 0.5) is 0 Å². The fraction of sp³-hybridized carbons (Fsp3) is 0.375. The Morgan fingerprint density at radius 1 is 1.32 bits per heavy atom. The first kappa shape index (κ1) is 11.3. The van der Waals surface area contributed by atoms with Gasteiger partial charge in [0.05, 0.1) is 12.6 Å². The van der Waals surface area contributed by atoms with Gasteiger partial charge in [0.2, 0.25) is 0 Å². The van der Waals surface area contributed by atoms with E-state index in [-0.39, 0.29) is 6.61 Å². The topological polar surface area (TPSA) is 39.3 Å². The Morgan fingerprint density at radius 3 is 3.11 bits per heavy atom. The number of aromatic amines is 1. The van der Waals surface area contributed by atoms with Crippen LogP contribution in [0.2, 0.25) is 0 Å². The van der Waals surface area contributed by atoms with Gasteiger partial charge < -0.3 is 10.1 Å². The Morgan fingerprint density at radius 2 is 2.21 bits per heavy atom. The monoisotopic (exact) mass is 254 g/mol. The third-order valence-corrected chi connectivity index (χ3v) is 4.51. The number of para-hydroxylation sites is 1. The highest BCUT2D eigenvalue weighted by molar-refractivity contribution is 5.85. The Bertz CT molecular complexity index is 656. The van der Waals surface area contributed by atoms with Crippen molar-refractivity contribution in [1.29, 1.82) is 0 Å². The molecule has 0 radical (unpaired) electrons. The number of nitrogens with zero attached hydrogens (tertiary/aromatic N) is 1. The standard InChI is InChI=1S/C16H18N2O/c19-10-11-5-6-15-16-13(7-8-18(15)9-11)12-3-1-2-4-14(12)17-16/h1-5,15,17,19H,6-10H2/t15-/m0/s1. The molecule has 19 heavy (non-hydrogen) atoms. The lowest BCUT2D eigenvalue weighted by atomic mass is 9.91. The first-order chi connectivity index (χ1) is 9.36. The fourth-order valence-corrected chi connectivity index (χ4v) is 3.54. The van der Waals surface area contributed by atoms with Gasteiger partial charge in [0.15, 0.2) is 0 Å². The van der Waals surface area contributed by atoms with Crippen molar-refractivity contribution < 1.29 is 5.11 Å². The molecule has 0 aliphatic carbocycles. The molecule has 2 N–H and O–H groups in total. The van der Waals surface area contributed by atoms with E-state index >= 15 is 0 Å². The molecular formula is C16H18N2O. The Kier molecular flexibility index (Phi) is 2.50. The summed E-state index contributed by atoms with van der Waals surface area (Å²) < 4.78 is 0. The zero-order valence-corrected chi connectivity index (χ0v) is 10.9. The lowest BCUT2D eigenvalue weighted by molar-refractivity contribution is 0.177. The summed E-state index contributed by atoms with van der Waals surface area (Å²) in [5.74, 6) is 0. The van der Waals surface area contributed by atoms with Crippen LogP contribution in [-0.2, 0) is 6.42 Å². The van der Waals surface area contributed by atoms with Crippen molar-refractivity contribution in [1.82, 2.24) is 9.88 Å². The van der Waals surface area contributed by atoms with Gasteiger partial charge in [0, 0.05) is 29.7 Å². The van der Waals surface area contributed by atoms with Crippen LogP contribution in [0.3, 0.4) is 0 Å². The highest BCUT2D eigenvalue weighted by atomic mass is 16.3. The van der Waals surface area contributed by atoms with E-state index in [0.717, 1.165) is 31.5 Å². The van der Waals surface area contributed by atoms with Gasteiger partial charge >= 0.3 is 0 Å². The van der Waals surface area contributed by atoms with Crippen LogP contribution in [0, 0.1) is 0 Å². The second-order valence-corrected chi connectivity index (χ2v) is 5.56. The Balaban J connectivity index is 1.81. The van der Waals surface area contributed by atoms with Gasteiger partial charge in [-0.1, -0.05) is 24.3 Å². The maximum atomic E-state index is 9.29. The zero-order valence-electron chi connectivity index (χ0n) is 10.9. The highest BCUT2D eigenvalue weighted by Crippen LogP contribution is 2.38. The van der Waals surface area contributed by atoms with Crippen LogP contribution < -0.4 is 0 Å². The molecule has 2 aliphatic heterocycles. The molecule has 2 aliphatic rings. The zero-order chi connectivity index (χ0) is 12.8. The summed E-state index contributed by atoms with van der Waals surface area (Å²) in [6.45, 7) is 2.20. The third-order valence-electron chi connectivity index (χ3n) is 4.51. The summed E-state index contributed by atoms with van der Waals surface area (Å²) in [4.78, 5) is 6.10. The van der Waals surface area contributed by atoms with E-state index in [4.69, 9.17) is 0 Å². The molecule has 0 saturated carbocycles. The van der Waals surface area contributed by atoms with E-state index in [1.165, 1.54) is 22.2 Å². The van der Waals surface area contributed by atoms with Crippen LogP contribution in [0.1, 0.15) is 23.7 Å². The van der Waals surface area contributed by atoms with Gasteiger partial charge in [-0.25, -0.2) is 0 Å². The average Bonchev–Trinajstić information content (AvgIpc) is 2.85. The minimum atomic E-state index is 0.197. The van der Waals surface area contributed by atoms with E-state index in [9.17, 15) is 5.11 Å². The molecule has 2 aromatic rings. The van der Waals surface area contributed by atoms with Gasteiger partial charge in [-0.05, 0) is 30.0 Å². The van der Waals surface area contributed by atoms with Crippen molar-refractivity contribution in [2.24, 2.45) is 0 Å². The third kappa shape index (κ3) is 1.66. The number of fused-ring (bicyclic) bond motifs is 5. The number of benzene rings is 1. The number of rotatable bonds is 1. The van der Waals surface area contributed by atoms with Crippen LogP contribution in [0.15, 0.2) is 35.9 Å². The summed E-state index contributed by atoms with van der Waals surface area (Å²) in [6, 6.07) is 9.06. The first-order valence-corrected chi connectivity index (χ1v) is 6.99. The predicted molar refractivity (Wildman–Crippen MR) is 76.1 cm³/mol. The summed E-state index contributed by atoms with van der Waals surface area (Å²) in [6.07, 6.45) is 4.33. The maximum Gasteiger partial charge on any atom is 0.0654 e. The average molecular weight is 254 g/mol.